The second kappa shape index (κ2) is 7.38. The molecule has 0 bridgehead atoms. The van der Waals surface area contributed by atoms with Crippen LogP contribution >= 0.6 is 0 Å². The van der Waals surface area contributed by atoms with Gasteiger partial charge in [-0.25, -0.2) is 4.98 Å². The van der Waals surface area contributed by atoms with Crippen molar-refractivity contribution in [3.8, 4) is 5.75 Å². The molecule has 3 aromatic rings. The second-order valence-electron chi connectivity index (χ2n) is 5.47. The van der Waals surface area contributed by atoms with E-state index >= 15 is 0 Å². The third kappa shape index (κ3) is 4.69. The number of hydrogen-bond donors (Lipinski definition) is 1. The van der Waals surface area contributed by atoms with Crippen LogP contribution in [-0.2, 0) is 6.54 Å². The van der Waals surface area contributed by atoms with E-state index in [-0.39, 0.29) is 23.9 Å². The first-order valence-electron chi connectivity index (χ1n) is 7.69. The Hall–Kier alpha value is -3.16. The number of alkyl halides is 3. The summed E-state index contributed by atoms with van der Waals surface area (Å²) in [6.07, 6.45) is -2.99. The number of amides is 1. The highest BCUT2D eigenvalue weighted by atomic mass is 19.4. The highest BCUT2D eigenvalue weighted by Crippen LogP contribution is 2.19. The fourth-order valence-corrected chi connectivity index (χ4v) is 2.21. The number of para-hydroxylation sites is 2. The molecule has 0 spiro atoms. The first-order chi connectivity index (χ1) is 12.4. The molecule has 0 saturated heterocycles. The van der Waals surface area contributed by atoms with Gasteiger partial charge in [0.2, 0.25) is 0 Å². The van der Waals surface area contributed by atoms with Crippen LogP contribution in [0, 0.1) is 0 Å². The Morgan fingerprint density at radius 3 is 2.42 bits per heavy atom. The summed E-state index contributed by atoms with van der Waals surface area (Å²) in [7, 11) is 0. The number of aromatic nitrogens is 2. The van der Waals surface area contributed by atoms with Gasteiger partial charge in [0.05, 0.1) is 17.2 Å². The summed E-state index contributed by atoms with van der Waals surface area (Å²) in [6, 6.07) is 13.2. The molecular weight excluding hydrogens is 347 g/mol. The zero-order valence-electron chi connectivity index (χ0n) is 13.5. The maximum atomic E-state index is 12.2. The molecule has 0 aliphatic carbocycles. The topological polar surface area (TPSA) is 64.1 Å². The van der Waals surface area contributed by atoms with E-state index in [1.807, 2.05) is 6.07 Å². The van der Waals surface area contributed by atoms with Gasteiger partial charge in [0.25, 0.3) is 5.91 Å². The van der Waals surface area contributed by atoms with Gasteiger partial charge < -0.3 is 10.1 Å². The molecule has 2 aromatic carbocycles. The highest BCUT2D eigenvalue weighted by Gasteiger charge is 2.28. The van der Waals surface area contributed by atoms with Gasteiger partial charge in [0.1, 0.15) is 11.4 Å². The number of carbonyl (C=O) groups excluding carboxylic acids is 1. The fraction of sp³-hybridized carbons (Fsp3) is 0.167. The lowest BCUT2D eigenvalue weighted by Gasteiger charge is -2.10. The molecule has 3 rings (SSSR count). The number of benzene rings is 2. The van der Waals surface area contributed by atoms with Crippen molar-refractivity contribution in [3.05, 3.63) is 66.0 Å². The summed E-state index contributed by atoms with van der Waals surface area (Å²) in [4.78, 5) is 20.6. The number of halogens is 3. The van der Waals surface area contributed by atoms with E-state index in [1.165, 1.54) is 18.3 Å². The molecule has 5 nitrogen and oxygen atoms in total. The van der Waals surface area contributed by atoms with Gasteiger partial charge in [-0.15, -0.1) is 0 Å². The molecule has 1 heterocycles. The van der Waals surface area contributed by atoms with E-state index in [4.69, 9.17) is 0 Å². The predicted molar refractivity (Wildman–Crippen MR) is 88.7 cm³/mol. The molecule has 0 unspecified atom stereocenters. The number of carbonyl (C=O) groups is 1. The van der Waals surface area contributed by atoms with Crippen molar-refractivity contribution >= 4 is 16.9 Å². The van der Waals surface area contributed by atoms with Crippen LogP contribution in [0.4, 0.5) is 13.2 Å². The minimum Gasteiger partial charge on any atom is -0.484 e. The van der Waals surface area contributed by atoms with Gasteiger partial charge in [-0.2, -0.15) is 13.2 Å². The molecule has 1 N–H and O–H groups in total. The minimum absolute atomic E-state index is 0.109. The lowest BCUT2D eigenvalue weighted by Crippen LogP contribution is -2.24. The number of ether oxygens (including phenoxy) is 1. The molecule has 1 amide bonds. The maximum Gasteiger partial charge on any atom is 0.422 e. The lowest BCUT2D eigenvalue weighted by molar-refractivity contribution is -0.153. The normalized spacial score (nSPS) is 11.3. The highest BCUT2D eigenvalue weighted by molar-refractivity contribution is 5.93. The molecule has 0 aliphatic heterocycles. The number of fused-ring (bicyclic) bond motifs is 1. The molecule has 0 atom stereocenters. The average Bonchev–Trinajstić information content (AvgIpc) is 2.64. The van der Waals surface area contributed by atoms with Gasteiger partial charge >= 0.3 is 6.18 Å². The zero-order chi connectivity index (χ0) is 18.6. The van der Waals surface area contributed by atoms with Gasteiger partial charge in [-0.3, -0.25) is 9.78 Å². The number of nitrogens with zero attached hydrogens (tertiary/aromatic N) is 2. The Morgan fingerprint density at radius 2 is 1.73 bits per heavy atom. The Bertz CT molecular complexity index is 911. The van der Waals surface area contributed by atoms with E-state index in [0.29, 0.717) is 16.6 Å². The van der Waals surface area contributed by atoms with Crippen LogP contribution < -0.4 is 10.1 Å². The van der Waals surface area contributed by atoms with Crippen LogP contribution in [0.25, 0.3) is 11.0 Å². The van der Waals surface area contributed by atoms with Crippen molar-refractivity contribution in [2.24, 2.45) is 0 Å². The smallest absolute Gasteiger partial charge is 0.422 e. The Kier molecular flexibility index (Phi) is 5.01. The third-order valence-corrected chi connectivity index (χ3v) is 3.46. The Balaban J connectivity index is 1.58. The fourth-order valence-electron chi connectivity index (χ4n) is 2.21. The molecule has 134 valence electrons. The van der Waals surface area contributed by atoms with Gasteiger partial charge in [-0.1, -0.05) is 24.3 Å². The standard InChI is InChI=1S/C18H14F3N3O2/c19-18(20,21)11-26-13-7-5-12(6-8-13)9-23-17(25)16-10-22-14-3-1-2-4-15(14)24-16/h1-8,10H,9,11H2,(H,23,25). The maximum absolute atomic E-state index is 12.2. The third-order valence-electron chi connectivity index (χ3n) is 3.46. The molecule has 1 aromatic heterocycles. The second-order valence-corrected chi connectivity index (χ2v) is 5.47. The summed E-state index contributed by atoms with van der Waals surface area (Å²) in [5, 5.41) is 2.69. The largest absolute Gasteiger partial charge is 0.484 e. The predicted octanol–water partition coefficient (Wildman–Crippen LogP) is 3.50. The number of hydrogen-bond acceptors (Lipinski definition) is 4. The molecule has 0 saturated carbocycles. The summed E-state index contributed by atoms with van der Waals surface area (Å²) in [5.74, 6) is -0.279. The van der Waals surface area contributed by atoms with E-state index in [0.717, 1.165) is 0 Å². The van der Waals surface area contributed by atoms with Gasteiger partial charge in [-0.05, 0) is 29.8 Å². The van der Waals surface area contributed by atoms with Crippen LogP contribution in [0.15, 0.2) is 54.7 Å². The van der Waals surface area contributed by atoms with Crippen molar-refractivity contribution in [2.75, 3.05) is 6.61 Å². The average molecular weight is 361 g/mol. The summed E-state index contributed by atoms with van der Waals surface area (Å²) in [5.41, 5.74) is 2.21. The van der Waals surface area contributed by atoms with Crippen LogP contribution in [0.5, 0.6) is 5.75 Å². The summed E-state index contributed by atoms with van der Waals surface area (Å²) in [6.45, 7) is -1.14. The van der Waals surface area contributed by atoms with Crippen molar-refractivity contribution in [1.82, 2.24) is 15.3 Å². The van der Waals surface area contributed by atoms with E-state index < -0.39 is 12.8 Å². The number of rotatable bonds is 5. The molecule has 26 heavy (non-hydrogen) atoms. The summed E-state index contributed by atoms with van der Waals surface area (Å²) < 4.78 is 40.9. The van der Waals surface area contributed by atoms with Crippen molar-refractivity contribution in [1.29, 1.82) is 0 Å². The Morgan fingerprint density at radius 1 is 1.04 bits per heavy atom. The van der Waals surface area contributed by atoms with Gasteiger partial charge in [0.15, 0.2) is 6.61 Å². The van der Waals surface area contributed by atoms with E-state index in [1.54, 1.807) is 30.3 Å². The molecular formula is C18H14F3N3O2. The van der Waals surface area contributed by atoms with Gasteiger partial charge in [0, 0.05) is 6.54 Å². The van der Waals surface area contributed by atoms with Crippen LogP contribution in [0.3, 0.4) is 0 Å². The molecule has 0 radical (unpaired) electrons. The first-order valence-corrected chi connectivity index (χ1v) is 7.69. The molecule has 0 fully saturated rings. The first kappa shape index (κ1) is 17.7. The zero-order valence-corrected chi connectivity index (χ0v) is 13.5. The minimum atomic E-state index is -4.38. The quantitative estimate of drug-likeness (QED) is 0.755. The van der Waals surface area contributed by atoms with Crippen molar-refractivity contribution in [3.63, 3.8) is 0 Å². The van der Waals surface area contributed by atoms with Crippen molar-refractivity contribution < 1.29 is 22.7 Å². The van der Waals surface area contributed by atoms with Crippen LogP contribution in [-0.4, -0.2) is 28.7 Å². The lowest BCUT2D eigenvalue weighted by atomic mass is 10.2. The summed E-state index contributed by atoms with van der Waals surface area (Å²) >= 11 is 0. The van der Waals surface area contributed by atoms with Crippen LogP contribution in [0.1, 0.15) is 16.1 Å². The molecule has 0 aliphatic rings. The van der Waals surface area contributed by atoms with Crippen LogP contribution in [0.2, 0.25) is 0 Å². The molecule has 8 heteroatoms. The van der Waals surface area contributed by atoms with E-state index in [9.17, 15) is 18.0 Å². The monoisotopic (exact) mass is 361 g/mol. The Labute approximate surface area is 146 Å². The van der Waals surface area contributed by atoms with E-state index in [2.05, 4.69) is 20.0 Å². The SMILES string of the molecule is O=C(NCc1ccc(OCC(F)(F)F)cc1)c1cnc2ccccc2n1. The van der Waals surface area contributed by atoms with Crippen molar-refractivity contribution in [2.45, 2.75) is 12.7 Å². The number of nitrogens with one attached hydrogen (secondary N) is 1.